The lowest BCUT2D eigenvalue weighted by Gasteiger charge is -2.25. The monoisotopic (exact) mass is 428 g/mol. The Morgan fingerprint density at radius 1 is 0.867 bits per heavy atom. The van der Waals surface area contributed by atoms with Gasteiger partial charge >= 0.3 is 0 Å². The van der Waals surface area contributed by atoms with E-state index >= 15 is 0 Å². The summed E-state index contributed by atoms with van der Waals surface area (Å²) in [6, 6.07) is -0.637. The number of Topliss-reactive ketones (excluding diaryl/α,β-unsaturated/α-hetero) is 1. The zero-order chi connectivity index (χ0) is 23.3. The quantitative estimate of drug-likeness (QED) is 0.187. The molecule has 8 heteroatoms. The average Bonchev–Trinajstić information content (AvgIpc) is 2.62. The molecule has 0 aliphatic rings. The van der Waals surface area contributed by atoms with Crippen LogP contribution < -0.4 is 21.3 Å². The number of rotatable bonds is 16. The number of amides is 2. The molecule has 0 radical (unpaired) electrons. The minimum absolute atomic E-state index is 0.0269. The predicted molar refractivity (Wildman–Crippen MR) is 120 cm³/mol. The summed E-state index contributed by atoms with van der Waals surface area (Å²) in [6.45, 7) is 13.8. The van der Waals surface area contributed by atoms with Gasteiger partial charge in [0, 0.05) is 25.4 Å². The van der Waals surface area contributed by atoms with E-state index in [1.807, 2.05) is 27.7 Å². The van der Waals surface area contributed by atoms with Crippen molar-refractivity contribution in [2.75, 3.05) is 13.1 Å². The van der Waals surface area contributed by atoms with Crippen LogP contribution in [-0.2, 0) is 14.4 Å². The number of carbonyl (C=O) groups is 3. The fraction of sp³-hybridized carbons (Fsp3) is 0.864. The van der Waals surface area contributed by atoms with Crippen LogP contribution in [0.1, 0.15) is 74.1 Å². The Hall–Kier alpha value is -1.51. The SMILES string of the molecule is CC(=O)NCCCC[C@H](NC(O)CNC(=O)[C@H](CC(C)C)NC(C)C)C(=O)C(C)C. The molecule has 5 N–H and O–H groups in total. The van der Waals surface area contributed by atoms with Crippen molar-refractivity contribution in [3.63, 3.8) is 0 Å². The molecule has 0 saturated heterocycles. The van der Waals surface area contributed by atoms with Crippen molar-refractivity contribution in [1.82, 2.24) is 21.3 Å². The van der Waals surface area contributed by atoms with Gasteiger partial charge in [0.1, 0.15) is 6.23 Å². The van der Waals surface area contributed by atoms with Crippen molar-refractivity contribution in [1.29, 1.82) is 0 Å². The molecule has 0 heterocycles. The summed E-state index contributed by atoms with van der Waals surface area (Å²) in [4.78, 5) is 36.0. The maximum Gasteiger partial charge on any atom is 0.237 e. The molecule has 0 rings (SSSR count). The molecule has 0 bridgehead atoms. The van der Waals surface area contributed by atoms with E-state index in [1.165, 1.54) is 6.92 Å². The second-order valence-electron chi connectivity index (χ2n) is 9.02. The molecule has 3 atom stereocenters. The lowest BCUT2D eigenvalue weighted by molar-refractivity contribution is -0.125. The molecular weight excluding hydrogens is 384 g/mol. The zero-order valence-electron chi connectivity index (χ0n) is 19.9. The lowest BCUT2D eigenvalue weighted by atomic mass is 9.97. The first kappa shape index (κ1) is 28.5. The highest BCUT2D eigenvalue weighted by Gasteiger charge is 2.25. The number of aliphatic hydroxyl groups excluding tert-OH is 1. The standard InChI is InChI=1S/C22H44N4O4/c1-14(2)12-19(25-16(5)6)22(30)24-13-20(28)26-18(21(29)15(3)4)10-8-9-11-23-17(7)27/h14-16,18-20,25-26,28H,8-13H2,1-7H3,(H,23,27)(H,24,30)/t18-,19-,20?/m0/s1. The second kappa shape index (κ2) is 15.3. The van der Waals surface area contributed by atoms with Crippen LogP contribution in [0.5, 0.6) is 0 Å². The number of aliphatic hydroxyl groups is 1. The average molecular weight is 429 g/mol. The van der Waals surface area contributed by atoms with E-state index in [-0.39, 0.29) is 42.1 Å². The van der Waals surface area contributed by atoms with Crippen molar-refractivity contribution >= 4 is 17.6 Å². The van der Waals surface area contributed by atoms with Gasteiger partial charge in [0.15, 0.2) is 5.78 Å². The maximum atomic E-state index is 12.5. The third-order valence-corrected chi connectivity index (χ3v) is 4.63. The summed E-state index contributed by atoms with van der Waals surface area (Å²) < 4.78 is 0. The van der Waals surface area contributed by atoms with Gasteiger partial charge in [-0.1, -0.05) is 41.5 Å². The topological polar surface area (TPSA) is 120 Å². The molecule has 0 aromatic heterocycles. The molecule has 0 saturated carbocycles. The van der Waals surface area contributed by atoms with Gasteiger partial charge in [-0.05, 0) is 31.6 Å². The van der Waals surface area contributed by atoms with Gasteiger partial charge < -0.3 is 21.1 Å². The molecular formula is C22H44N4O4. The second-order valence-corrected chi connectivity index (χ2v) is 9.02. The van der Waals surface area contributed by atoms with Gasteiger partial charge in [0.25, 0.3) is 0 Å². The molecule has 176 valence electrons. The third-order valence-electron chi connectivity index (χ3n) is 4.63. The molecule has 30 heavy (non-hydrogen) atoms. The van der Waals surface area contributed by atoms with Crippen LogP contribution in [0, 0.1) is 11.8 Å². The summed E-state index contributed by atoms with van der Waals surface area (Å²) >= 11 is 0. The van der Waals surface area contributed by atoms with Gasteiger partial charge in [-0.25, -0.2) is 0 Å². The van der Waals surface area contributed by atoms with Crippen LogP contribution in [0.2, 0.25) is 0 Å². The number of hydrogen-bond acceptors (Lipinski definition) is 6. The van der Waals surface area contributed by atoms with Crippen molar-refractivity contribution in [3.05, 3.63) is 0 Å². The van der Waals surface area contributed by atoms with E-state index in [0.29, 0.717) is 25.3 Å². The van der Waals surface area contributed by atoms with Crippen LogP contribution >= 0.6 is 0 Å². The largest absolute Gasteiger partial charge is 0.377 e. The molecule has 0 aliphatic carbocycles. The Kier molecular flexibility index (Phi) is 14.5. The smallest absolute Gasteiger partial charge is 0.237 e. The Labute approximate surface area is 182 Å². The Morgan fingerprint density at radius 3 is 2.00 bits per heavy atom. The molecule has 1 unspecified atom stereocenters. The van der Waals surface area contributed by atoms with Crippen molar-refractivity contribution in [3.8, 4) is 0 Å². The minimum atomic E-state index is -1.02. The molecule has 0 aromatic carbocycles. The fourth-order valence-corrected chi connectivity index (χ4v) is 3.18. The van der Waals surface area contributed by atoms with E-state index in [0.717, 1.165) is 12.8 Å². The van der Waals surface area contributed by atoms with Crippen molar-refractivity contribution in [2.45, 2.75) is 98.5 Å². The first-order valence-corrected chi connectivity index (χ1v) is 11.2. The van der Waals surface area contributed by atoms with Gasteiger partial charge in [-0.15, -0.1) is 0 Å². The van der Waals surface area contributed by atoms with Crippen LogP contribution in [0.3, 0.4) is 0 Å². The number of hydrogen-bond donors (Lipinski definition) is 5. The number of carbonyl (C=O) groups excluding carboxylic acids is 3. The van der Waals surface area contributed by atoms with Crippen LogP contribution in [0.25, 0.3) is 0 Å². The highest BCUT2D eigenvalue weighted by atomic mass is 16.3. The van der Waals surface area contributed by atoms with E-state index in [4.69, 9.17) is 0 Å². The van der Waals surface area contributed by atoms with E-state index in [2.05, 4.69) is 35.1 Å². The van der Waals surface area contributed by atoms with Gasteiger partial charge in [-0.3, -0.25) is 19.7 Å². The summed E-state index contributed by atoms with van der Waals surface area (Å²) in [5.74, 6) is 0.00191. The van der Waals surface area contributed by atoms with Crippen LogP contribution in [0.4, 0.5) is 0 Å². The highest BCUT2D eigenvalue weighted by molar-refractivity contribution is 5.85. The number of nitrogens with one attached hydrogen (secondary N) is 4. The van der Waals surface area contributed by atoms with Crippen LogP contribution in [-0.4, -0.2) is 60.1 Å². The van der Waals surface area contributed by atoms with Gasteiger partial charge in [0.05, 0.1) is 18.6 Å². The fourth-order valence-electron chi connectivity index (χ4n) is 3.18. The number of ketones is 1. The first-order chi connectivity index (χ1) is 13.9. The third kappa shape index (κ3) is 13.7. The van der Waals surface area contributed by atoms with Crippen LogP contribution in [0.15, 0.2) is 0 Å². The maximum absolute atomic E-state index is 12.5. The first-order valence-electron chi connectivity index (χ1n) is 11.2. The van der Waals surface area contributed by atoms with E-state index in [9.17, 15) is 19.5 Å². The number of unbranched alkanes of at least 4 members (excludes halogenated alkanes) is 1. The Morgan fingerprint density at radius 2 is 1.50 bits per heavy atom. The predicted octanol–water partition coefficient (Wildman–Crippen LogP) is 1.32. The molecule has 2 amide bonds. The zero-order valence-corrected chi connectivity index (χ0v) is 19.9. The Balaban J connectivity index is 4.66. The minimum Gasteiger partial charge on any atom is -0.377 e. The lowest BCUT2D eigenvalue weighted by Crippen LogP contribution is -2.53. The molecule has 8 nitrogen and oxygen atoms in total. The molecule has 0 aromatic rings. The van der Waals surface area contributed by atoms with Crippen molar-refractivity contribution in [2.24, 2.45) is 11.8 Å². The van der Waals surface area contributed by atoms with E-state index < -0.39 is 12.3 Å². The molecule has 0 fully saturated rings. The molecule has 0 spiro atoms. The summed E-state index contributed by atoms with van der Waals surface area (Å²) in [6.07, 6.45) is 1.75. The van der Waals surface area contributed by atoms with Crippen molar-refractivity contribution < 1.29 is 19.5 Å². The highest BCUT2D eigenvalue weighted by Crippen LogP contribution is 2.09. The van der Waals surface area contributed by atoms with E-state index in [1.54, 1.807) is 0 Å². The summed E-state index contributed by atoms with van der Waals surface area (Å²) in [5.41, 5.74) is 0. The summed E-state index contributed by atoms with van der Waals surface area (Å²) in [7, 11) is 0. The molecule has 0 aliphatic heterocycles. The summed E-state index contributed by atoms with van der Waals surface area (Å²) in [5, 5.41) is 22.1. The normalized spacial score (nSPS) is 14.6. The van der Waals surface area contributed by atoms with Gasteiger partial charge in [0.2, 0.25) is 11.8 Å². The Bertz CT molecular complexity index is 513. The van der Waals surface area contributed by atoms with Gasteiger partial charge in [-0.2, -0.15) is 0 Å².